The molecule has 0 bridgehead atoms. The van der Waals surface area contributed by atoms with Crippen molar-refractivity contribution in [3.8, 4) is 0 Å². The summed E-state index contributed by atoms with van der Waals surface area (Å²) in [5, 5.41) is 20.2. The van der Waals surface area contributed by atoms with E-state index in [1.165, 1.54) is 6.92 Å². The first-order chi connectivity index (χ1) is 9.12. The first-order valence-electron chi connectivity index (χ1n) is 6.41. The van der Waals surface area contributed by atoms with E-state index >= 15 is 0 Å². The zero-order chi connectivity index (χ0) is 15.5. The molecule has 0 spiro atoms. The molecule has 1 fully saturated rings. The van der Waals surface area contributed by atoms with Gasteiger partial charge in [-0.2, -0.15) is 13.2 Å². The average Bonchev–Trinajstić information content (AvgIpc) is 2.34. The van der Waals surface area contributed by atoms with Gasteiger partial charge in [0.1, 0.15) is 0 Å². The van der Waals surface area contributed by atoms with E-state index in [0.717, 1.165) is 0 Å². The predicted octanol–water partition coefficient (Wildman–Crippen LogP) is 1.31. The third kappa shape index (κ3) is 4.36. The Kier molecular flexibility index (Phi) is 5.38. The largest absolute Gasteiger partial charge is 0.480 e. The molecule has 8 heteroatoms. The molecular formula is C12H18F3NO4. The molecule has 1 amide bonds. The predicted molar refractivity (Wildman–Crippen MR) is 62.8 cm³/mol. The van der Waals surface area contributed by atoms with Gasteiger partial charge < -0.3 is 15.5 Å². The van der Waals surface area contributed by atoms with E-state index < -0.39 is 42.0 Å². The smallest absolute Gasteiger partial charge is 0.391 e. The maximum Gasteiger partial charge on any atom is 0.391 e. The van der Waals surface area contributed by atoms with Crippen molar-refractivity contribution in [2.45, 2.75) is 50.9 Å². The van der Waals surface area contributed by atoms with Gasteiger partial charge in [0.25, 0.3) is 0 Å². The number of alkyl halides is 3. The van der Waals surface area contributed by atoms with Crippen LogP contribution in [0, 0.1) is 11.8 Å². The van der Waals surface area contributed by atoms with Gasteiger partial charge >= 0.3 is 12.1 Å². The van der Waals surface area contributed by atoms with Crippen molar-refractivity contribution in [1.29, 1.82) is 0 Å². The summed E-state index contributed by atoms with van der Waals surface area (Å²) < 4.78 is 37.9. The van der Waals surface area contributed by atoms with E-state index in [2.05, 4.69) is 5.32 Å². The highest BCUT2D eigenvalue weighted by Crippen LogP contribution is 2.39. The van der Waals surface area contributed by atoms with Crippen LogP contribution in [0.15, 0.2) is 0 Å². The molecular weight excluding hydrogens is 279 g/mol. The van der Waals surface area contributed by atoms with Gasteiger partial charge in [0.2, 0.25) is 5.91 Å². The lowest BCUT2D eigenvalue weighted by Crippen LogP contribution is -2.50. The molecule has 20 heavy (non-hydrogen) atoms. The third-order valence-electron chi connectivity index (χ3n) is 3.55. The van der Waals surface area contributed by atoms with Crippen LogP contribution in [0.2, 0.25) is 0 Å². The van der Waals surface area contributed by atoms with Crippen molar-refractivity contribution in [2.75, 3.05) is 0 Å². The van der Waals surface area contributed by atoms with Gasteiger partial charge in [-0.3, -0.25) is 4.79 Å². The Morgan fingerprint density at radius 3 is 2.35 bits per heavy atom. The van der Waals surface area contributed by atoms with Crippen molar-refractivity contribution in [2.24, 2.45) is 11.8 Å². The lowest BCUT2D eigenvalue weighted by atomic mass is 9.80. The average molecular weight is 297 g/mol. The van der Waals surface area contributed by atoms with Crippen molar-refractivity contribution < 1.29 is 33.0 Å². The normalized spacial score (nSPS) is 26.6. The fourth-order valence-electron chi connectivity index (χ4n) is 2.39. The molecule has 1 rings (SSSR count). The molecule has 0 aliphatic heterocycles. The van der Waals surface area contributed by atoms with Crippen LogP contribution in [0.25, 0.3) is 0 Å². The van der Waals surface area contributed by atoms with Crippen LogP contribution in [0.4, 0.5) is 13.2 Å². The molecule has 3 N–H and O–H groups in total. The second-order valence-corrected chi connectivity index (χ2v) is 5.17. The van der Waals surface area contributed by atoms with E-state index in [1.807, 2.05) is 0 Å². The molecule has 1 saturated carbocycles. The Morgan fingerprint density at radius 2 is 1.90 bits per heavy atom. The maximum absolute atomic E-state index is 12.6. The van der Waals surface area contributed by atoms with E-state index in [9.17, 15) is 27.9 Å². The highest BCUT2D eigenvalue weighted by atomic mass is 19.4. The summed E-state index contributed by atoms with van der Waals surface area (Å²) in [6.45, 7) is 1.19. The number of hydrogen-bond donors (Lipinski definition) is 3. The van der Waals surface area contributed by atoms with E-state index in [0.29, 0.717) is 6.42 Å². The molecule has 4 atom stereocenters. The molecule has 0 saturated heterocycles. The number of carbonyl (C=O) groups is 2. The number of carbonyl (C=O) groups excluding carboxylic acids is 1. The van der Waals surface area contributed by atoms with Crippen LogP contribution in [-0.2, 0) is 9.59 Å². The Balaban J connectivity index is 2.65. The lowest BCUT2D eigenvalue weighted by Gasteiger charge is -2.30. The van der Waals surface area contributed by atoms with Crippen LogP contribution < -0.4 is 5.32 Å². The zero-order valence-electron chi connectivity index (χ0n) is 11.0. The van der Waals surface area contributed by atoms with Crippen LogP contribution in [0.1, 0.15) is 32.6 Å². The molecule has 0 radical (unpaired) electrons. The Labute approximate surface area is 114 Å². The lowest BCUT2D eigenvalue weighted by molar-refractivity contribution is -0.186. The minimum atomic E-state index is -4.34. The number of nitrogens with one attached hydrogen (secondary N) is 1. The summed E-state index contributed by atoms with van der Waals surface area (Å²) >= 11 is 0. The Bertz CT molecular complexity index is 370. The summed E-state index contributed by atoms with van der Waals surface area (Å²) in [6, 6.07) is -1.51. The monoisotopic (exact) mass is 297 g/mol. The van der Waals surface area contributed by atoms with E-state index in [4.69, 9.17) is 5.11 Å². The van der Waals surface area contributed by atoms with Crippen molar-refractivity contribution in [3.05, 3.63) is 0 Å². The number of halogens is 3. The number of amides is 1. The number of carboxylic acids is 1. The standard InChI is InChI=1S/C12H18F3NO4/c1-6(17)9(11(19)20)16-10(18)7-3-2-4-8(5-7)12(13,14)15/h6-9,17H,2-5H2,1H3,(H,16,18)(H,19,20). The second kappa shape index (κ2) is 6.43. The number of aliphatic hydroxyl groups is 1. The summed E-state index contributed by atoms with van der Waals surface area (Å²) in [5.74, 6) is -4.55. The molecule has 0 aromatic carbocycles. The fourth-order valence-corrected chi connectivity index (χ4v) is 2.39. The van der Waals surface area contributed by atoms with Gasteiger partial charge in [-0.25, -0.2) is 4.79 Å². The minimum absolute atomic E-state index is 0.00789. The van der Waals surface area contributed by atoms with E-state index in [-0.39, 0.29) is 19.3 Å². The van der Waals surface area contributed by atoms with Gasteiger partial charge in [-0.15, -0.1) is 0 Å². The molecule has 0 heterocycles. The second-order valence-electron chi connectivity index (χ2n) is 5.17. The van der Waals surface area contributed by atoms with Gasteiger partial charge in [0.15, 0.2) is 6.04 Å². The fraction of sp³-hybridized carbons (Fsp3) is 0.833. The first kappa shape index (κ1) is 16.7. The van der Waals surface area contributed by atoms with Crippen molar-refractivity contribution in [1.82, 2.24) is 5.32 Å². The minimum Gasteiger partial charge on any atom is -0.480 e. The molecule has 4 unspecified atom stereocenters. The SMILES string of the molecule is CC(O)C(NC(=O)C1CCCC(C(F)(F)F)C1)C(=O)O. The number of carboxylic acid groups (broad SMARTS) is 1. The summed E-state index contributed by atoms with van der Waals surface area (Å²) in [4.78, 5) is 22.7. The van der Waals surface area contributed by atoms with Gasteiger partial charge in [-0.1, -0.05) is 6.42 Å². The van der Waals surface area contributed by atoms with Crippen LogP contribution in [0.5, 0.6) is 0 Å². The Morgan fingerprint density at radius 1 is 1.30 bits per heavy atom. The number of rotatable bonds is 4. The van der Waals surface area contributed by atoms with Crippen LogP contribution in [0.3, 0.4) is 0 Å². The van der Waals surface area contributed by atoms with Gasteiger partial charge in [0.05, 0.1) is 12.0 Å². The summed E-state index contributed by atoms with van der Waals surface area (Å²) in [5.41, 5.74) is 0. The third-order valence-corrected chi connectivity index (χ3v) is 3.55. The Hall–Kier alpha value is -1.31. The first-order valence-corrected chi connectivity index (χ1v) is 6.41. The summed E-state index contributed by atoms with van der Waals surface area (Å²) in [6.07, 6.45) is -5.43. The quantitative estimate of drug-likeness (QED) is 0.730. The van der Waals surface area contributed by atoms with Gasteiger partial charge in [0, 0.05) is 5.92 Å². The number of aliphatic carboxylic acids is 1. The highest BCUT2D eigenvalue weighted by molar-refractivity contribution is 5.85. The molecule has 0 aromatic heterocycles. The number of hydrogen-bond acceptors (Lipinski definition) is 3. The number of aliphatic hydroxyl groups excluding tert-OH is 1. The topological polar surface area (TPSA) is 86.6 Å². The van der Waals surface area contributed by atoms with E-state index in [1.54, 1.807) is 0 Å². The van der Waals surface area contributed by atoms with Crippen LogP contribution in [-0.4, -0.2) is 40.4 Å². The molecule has 0 aromatic rings. The highest BCUT2D eigenvalue weighted by Gasteiger charge is 2.44. The molecule has 1 aliphatic rings. The van der Waals surface area contributed by atoms with Gasteiger partial charge in [-0.05, 0) is 26.2 Å². The summed E-state index contributed by atoms with van der Waals surface area (Å²) in [7, 11) is 0. The van der Waals surface area contributed by atoms with Crippen LogP contribution >= 0.6 is 0 Å². The maximum atomic E-state index is 12.6. The molecule has 116 valence electrons. The zero-order valence-corrected chi connectivity index (χ0v) is 11.0. The molecule has 5 nitrogen and oxygen atoms in total. The van der Waals surface area contributed by atoms with Crippen molar-refractivity contribution >= 4 is 11.9 Å². The van der Waals surface area contributed by atoms with Crippen molar-refractivity contribution in [3.63, 3.8) is 0 Å². The molecule has 1 aliphatic carbocycles.